The summed E-state index contributed by atoms with van der Waals surface area (Å²) < 4.78 is 5.01. The maximum absolute atomic E-state index is 12.3. The first-order valence-corrected chi connectivity index (χ1v) is 7.44. The molecule has 0 radical (unpaired) electrons. The van der Waals surface area contributed by atoms with Crippen LogP contribution in [0.5, 0.6) is 0 Å². The van der Waals surface area contributed by atoms with Gasteiger partial charge >= 0.3 is 6.09 Å². The Balaban J connectivity index is 1.87. The average molecular weight is 290 g/mol. The number of amides is 2. The van der Waals surface area contributed by atoms with E-state index in [-0.39, 0.29) is 12.0 Å². The zero-order valence-electron chi connectivity index (χ0n) is 12.5. The summed E-state index contributed by atoms with van der Waals surface area (Å²) in [5.41, 5.74) is 1.02. The molecule has 0 saturated carbocycles. The minimum atomic E-state index is -0.283. The van der Waals surface area contributed by atoms with Gasteiger partial charge in [-0.1, -0.05) is 30.3 Å². The predicted molar refractivity (Wildman–Crippen MR) is 79.9 cm³/mol. The van der Waals surface area contributed by atoms with E-state index in [0.717, 1.165) is 12.0 Å². The largest absolute Gasteiger partial charge is 0.450 e. The Kier molecular flexibility index (Phi) is 5.60. The topological polar surface area (TPSA) is 49.9 Å². The van der Waals surface area contributed by atoms with Crippen LogP contribution in [0.4, 0.5) is 4.79 Å². The lowest BCUT2D eigenvalue weighted by Crippen LogP contribution is -2.38. The molecule has 1 aromatic carbocycles. The van der Waals surface area contributed by atoms with Gasteiger partial charge in [0.25, 0.3) is 0 Å². The number of ether oxygens (including phenoxy) is 1. The summed E-state index contributed by atoms with van der Waals surface area (Å²) in [6, 6.07) is 9.74. The molecule has 0 atom stereocenters. The van der Waals surface area contributed by atoms with E-state index >= 15 is 0 Å². The van der Waals surface area contributed by atoms with Crippen molar-refractivity contribution in [3.05, 3.63) is 35.9 Å². The van der Waals surface area contributed by atoms with E-state index in [1.807, 2.05) is 35.2 Å². The molecule has 0 spiro atoms. The summed E-state index contributed by atoms with van der Waals surface area (Å²) >= 11 is 0. The summed E-state index contributed by atoms with van der Waals surface area (Å²) in [6.07, 6.45) is 0.925. The van der Waals surface area contributed by atoms with Crippen molar-refractivity contribution in [2.24, 2.45) is 0 Å². The van der Waals surface area contributed by atoms with Crippen LogP contribution in [0.1, 0.15) is 18.9 Å². The number of benzene rings is 1. The third-order valence-corrected chi connectivity index (χ3v) is 3.57. The summed E-state index contributed by atoms with van der Waals surface area (Å²) in [5, 5.41) is 0. The summed E-state index contributed by atoms with van der Waals surface area (Å²) in [6.45, 7) is 4.64. The van der Waals surface area contributed by atoms with Crippen LogP contribution >= 0.6 is 0 Å². The minimum Gasteiger partial charge on any atom is -0.450 e. The maximum Gasteiger partial charge on any atom is 0.409 e. The van der Waals surface area contributed by atoms with Gasteiger partial charge in [0.15, 0.2) is 0 Å². The smallest absolute Gasteiger partial charge is 0.409 e. The monoisotopic (exact) mass is 290 g/mol. The molecule has 1 aromatic rings. The van der Waals surface area contributed by atoms with E-state index in [1.165, 1.54) is 0 Å². The highest BCUT2D eigenvalue weighted by molar-refractivity contribution is 5.79. The molecule has 0 aliphatic carbocycles. The molecule has 5 heteroatoms. The molecule has 2 amide bonds. The molecule has 5 nitrogen and oxygen atoms in total. The Morgan fingerprint density at radius 1 is 1.05 bits per heavy atom. The van der Waals surface area contributed by atoms with Gasteiger partial charge in [0.1, 0.15) is 0 Å². The number of hydrogen-bond donors (Lipinski definition) is 0. The highest BCUT2D eigenvalue weighted by atomic mass is 16.6. The third-order valence-electron chi connectivity index (χ3n) is 3.57. The second-order valence-corrected chi connectivity index (χ2v) is 5.08. The number of rotatable bonds is 3. The highest BCUT2D eigenvalue weighted by Crippen LogP contribution is 2.08. The van der Waals surface area contributed by atoms with Crippen LogP contribution in [0.2, 0.25) is 0 Å². The first kappa shape index (κ1) is 15.4. The van der Waals surface area contributed by atoms with E-state index in [0.29, 0.717) is 39.2 Å². The van der Waals surface area contributed by atoms with Crippen molar-refractivity contribution < 1.29 is 14.3 Å². The molecular formula is C16H22N2O3. The third kappa shape index (κ3) is 4.48. The van der Waals surface area contributed by atoms with Gasteiger partial charge in [-0.05, 0) is 18.9 Å². The Morgan fingerprint density at radius 3 is 2.43 bits per heavy atom. The highest BCUT2D eigenvalue weighted by Gasteiger charge is 2.22. The first-order valence-electron chi connectivity index (χ1n) is 7.44. The van der Waals surface area contributed by atoms with Gasteiger partial charge in [-0.25, -0.2) is 4.79 Å². The molecule has 1 heterocycles. The molecule has 1 aliphatic heterocycles. The van der Waals surface area contributed by atoms with E-state index < -0.39 is 0 Å². The standard InChI is InChI=1S/C16H22N2O3/c1-2-21-16(20)18-10-6-9-17(11-12-18)15(19)13-14-7-4-3-5-8-14/h3-5,7-8H,2,6,9-13H2,1H3. The van der Waals surface area contributed by atoms with E-state index in [9.17, 15) is 9.59 Å². The van der Waals surface area contributed by atoms with Crippen molar-refractivity contribution in [2.75, 3.05) is 32.8 Å². The lowest BCUT2D eigenvalue weighted by Gasteiger charge is -2.21. The molecule has 0 aromatic heterocycles. The Hall–Kier alpha value is -2.04. The van der Waals surface area contributed by atoms with Crippen molar-refractivity contribution in [1.29, 1.82) is 0 Å². The first-order chi connectivity index (χ1) is 10.2. The maximum atomic E-state index is 12.3. The molecule has 1 saturated heterocycles. The van der Waals surface area contributed by atoms with Gasteiger partial charge < -0.3 is 14.5 Å². The van der Waals surface area contributed by atoms with Crippen LogP contribution in [0.15, 0.2) is 30.3 Å². The van der Waals surface area contributed by atoms with Crippen LogP contribution in [-0.2, 0) is 16.0 Å². The van der Waals surface area contributed by atoms with Crippen LogP contribution in [0, 0.1) is 0 Å². The SMILES string of the molecule is CCOC(=O)N1CCCN(C(=O)Cc2ccccc2)CC1. The Bertz CT molecular complexity index is 476. The zero-order chi connectivity index (χ0) is 15.1. The second kappa shape index (κ2) is 7.67. The fraction of sp³-hybridized carbons (Fsp3) is 0.500. The Labute approximate surface area is 125 Å². The molecule has 2 rings (SSSR count). The lowest BCUT2D eigenvalue weighted by atomic mass is 10.1. The Morgan fingerprint density at radius 2 is 1.71 bits per heavy atom. The van der Waals surface area contributed by atoms with Gasteiger partial charge in [-0.15, -0.1) is 0 Å². The van der Waals surface area contributed by atoms with Crippen molar-refractivity contribution in [3.63, 3.8) is 0 Å². The lowest BCUT2D eigenvalue weighted by molar-refractivity contribution is -0.130. The van der Waals surface area contributed by atoms with E-state index in [2.05, 4.69) is 0 Å². The molecule has 114 valence electrons. The van der Waals surface area contributed by atoms with Crippen LogP contribution in [0.25, 0.3) is 0 Å². The fourth-order valence-electron chi connectivity index (χ4n) is 2.45. The van der Waals surface area contributed by atoms with Crippen molar-refractivity contribution in [3.8, 4) is 0 Å². The second-order valence-electron chi connectivity index (χ2n) is 5.08. The van der Waals surface area contributed by atoms with Crippen LogP contribution in [0.3, 0.4) is 0 Å². The molecule has 1 fully saturated rings. The van der Waals surface area contributed by atoms with Gasteiger partial charge in [-0.2, -0.15) is 0 Å². The van der Waals surface area contributed by atoms with Gasteiger partial charge in [0.2, 0.25) is 5.91 Å². The number of carbonyl (C=O) groups excluding carboxylic acids is 2. The van der Waals surface area contributed by atoms with Gasteiger partial charge in [-0.3, -0.25) is 4.79 Å². The fourth-order valence-corrected chi connectivity index (χ4v) is 2.45. The van der Waals surface area contributed by atoms with Crippen molar-refractivity contribution >= 4 is 12.0 Å². The number of carbonyl (C=O) groups is 2. The predicted octanol–water partition coefficient (Wildman–Crippen LogP) is 1.92. The van der Waals surface area contributed by atoms with Crippen LogP contribution in [-0.4, -0.2) is 54.6 Å². The average Bonchev–Trinajstić information content (AvgIpc) is 2.74. The number of hydrogen-bond acceptors (Lipinski definition) is 3. The van der Waals surface area contributed by atoms with Gasteiger partial charge in [0.05, 0.1) is 13.0 Å². The minimum absolute atomic E-state index is 0.118. The molecule has 0 unspecified atom stereocenters. The molecule has 0 bridgehead atoms. The quantitative estimate of drug-likeness (QED) is 0.854. The normalized spacial score (nSPS) is 15.5. The molecule has 1 aliphatic rings. The van der Waals surface area contributed by atoms with Gasteiger partial charge in [0, 0.05) is 26.2 Å². The van der Waals surface area contributed by atoms with Crippen LogP contribution < -0.4 is 0 Å². The number of nitrogens with zero attached hydrogens (tertiary/aromatic N) is 2. The van der Waals surface area contributed by atoms with Crippen molar-refractivity contribution in [1.82, 2.24) is 9.80 Å². The van der Waals surface area contributed by atoms with Crippen molar-refractivity contribution in [2.45, 2.75) is 19.8 Å². The molecule has 0 N–H and O–H groups in total. The van der Waals surface area contributed by atoms with E-state index in [1.54, 1.807) is 11.8 Å². The zero-order valence-corrected chi connectivity index (χ0v) is 12.5. The van der Waals surface area contributed by atoms with E-state index in [4.69, 9.17) is 4.74 Å². The molecular weight excluding hydrogens is 268 g/mol. The summed E-state index contributed by atoms with van der Waals surface area (Å²) in [7, 11) is 0. The molecule has 21 heavy (non-hydrogen) atoms. The summed E-state index contributed by atoms with van der Waals surface area (Å²) in [4.78, 5) is 27.6. The summed E-state index contributed by atoms with van der Waals surface area (Å²) in [5.74, 6) is 0.118.